The standard InChI is InChI=1S/C11H8O3/c12-7-8-3-1-4-9(11(8)13)10-5-2-6-14-10/h1-7,13H. The average molecular weight is 188 g/mol. The van der Waals surface area contributed by atoms with Crippen LogP contribution in [-0.2, 0) is 0 Å². The van der Waals surface area contributed by atoms with Crippen molar-refractivity contribution >= 4 is 6.29 Å². The largest absolute Gasteiger partial charge is 0.506 e. The first-order chi connectivity index (χ1) is 6.83. The number of phenolic OH excluding ortho intramolecular Hbond substituents is 1. The molecule has 0 bridgehead atoms. The van der Waals surface area contributed by atoms with Gasteiger partial charge in [-0.3, -0.25) is 4.79 Å². The highest BCUT2D eigenvalue weighted by Crippen LogP contribution is 2.31. The van der Waals surface area contributed by atoms with Gasteiger partial charge in [0, 0.05) is 0 Å². The molecule has 0 radical (unpaired) electrons. The van der Waals surface area contributed by atoms with Crippen molar-refractivity contribution in [1.82, 2.24) is 0 Å². The third kappa shape index (κ3) is 1.29. The fourth-order valence-corrected chi connectivity index (χ4v) is 1.29. The van der Waals surface area contributed by atoms with E-state index in [-0.39, 0.29) is 11.3 Å². The fourth-order valence-electron chi connectivity index (χ4n) is 1.29. The van der Waals surface area contributed by atoms with E-state index in [1.807, 2.05) is 0 Å². The van der Waals surface area contributed by atoms with Gasteiger partial charge in [0.1, 0.15) is 11.5 Å². The monoisotopic (exact) mass is 188 g/mol. The molecule has 1 aromatic heterocycles. The number of furan rings is 1. The third-order valence-electron chi connectivity index (χ3n) is 1.98. The van der Waals surface area contributed by atoms with Crippen LogP contribution in [-0.4, -0.2) is 11.4 Å². The van der Waals surface area contributed by atoms with Crippen LogP contribution in [0.25, 0.3) is 11.3 Å². The molecular formula is C11H8O3. The van der Waals surface area contributed by atoms with Gasteiger partial charge in [0.2, 0.25) is 0 Å². The molecule has 14 heavy (non-hydrogen) atoms. The number of carbonyl (C=O) groups is 1. The van der Waals surface area contributed by atoms with Crippen LogP contribution < -0.4 is 0 Å². The first-order valence-corrected chi connectivity index (χ1v) is 4.14. The Labute approximate surface area is 80.6 Å². The molecule has 0 amide bonds. The SMILES string of the molecule is O=Cc1cccc(-c2ccco2)c1O. The number of aromatic hydroxyl groups is 1. The van der Waals surface area contributed by atoms with Gasteiger partial charge in [0.15, 0.2) is 6.29 Å². The molecule has 3 heteroatoms. The second-order valence-electron chi connectivity index (χ2n) is 2.84. The molecule has 1 heterocycles. The molecule has 0 aliphatic carbocycles. The maximum Gasteiger partial charge on any atom is 0.153 e. The van der Waals surface area contributed by atoms with Crippen LogP contribution in [0.2, 0.25) is 0 Å². The number of aldehydes is 1. The highest BCUT2D eigenvalue weighted by molar-refractivity contribution is 5.84. The van der Waals surface area contributed by atoms with E-state index in [9.17, 15) is 9.90 Å². The van der Waals surface area contributed by atoms with Crippen molar-refractivity contribution in [3.05, 3.63) is 42.2 Å². The highest BCUT2D eigenvalue weighted by Gasteiger charge is 2.09. The second-order valence-corrected chi connectivity index (χ2v) is 2.84. The smallest absolute Gasteiger partial charge is 0.153 e. The summed E-state index contributed by atoms with van der Waals surface area (Å²) in [7, 11) is 0. The van der Waals surface area contributed by atoms with E-state index in [4.69, 9.17) is 4.42 Å². The molecule has 70 valence electrons. The lowest BCUT2D eigenvalue weighted by atomic mass is 10.1. The molecule has 0 saturated carbocycles. The predicted molar refractivity (Wildman–Crippen MR) is 51.2 cm³/mol. The summed E-state index contributed by atoms with van der Waals surface area (Å²) in [6, 6.07) is 8.39. The van der Waals surface area contributed by atoms with Crippen LogP contribution in [0.5, 0.6) is 5.75 Å². The zero-order valence-electron chi connectivity index (χ0n) is 7.31. The molecule has 0 fully saturated rings. The number of para-hydroxylation sites is 1. The topological polar surface area (TPSA) is 50.4 Å². The van der Waals surface area contributed by atoms with Crippen molar-refractivity contribution in [3.8, 4) is 17.1 Å². The summed E-state index contributed by atoms with van der Waals surface area (Å²) in [4.78, 5) is 10.6. The quantitative estimate of drug-likeness (QED) is 0.736. The summed E-state index contributed by atoms with van der Waals surface area (Å²) in [5.74, 6) is 0.503. The van der Waals surface area contributed by atoms with E-state index in [2.05, 4.69) is 0 Å². The third-order valence-corrected chi connectivity index (χ3v) is 1.98. The highest BCUT2D eigenvalue weighted by atomic mass is 16.3. The summed E-state index contributed by atoms with van der Waals surface area (Å²) in [5, 5.41) is 9.67. The van der Waals surface area contributed by atoms with Crippen molar-refractivity contribution in [2.24, 2.45) is 0 Å². The molecule has 0 atom stereocenters. The van der Waals surface area contributed by atoms with E-state index in [1.165, 1.54) is 6.26 Å². The van der Waals surface area contributed by atoms with Gasteiger partial charge in [-0.25, -0.2) is 0 Å². The lowest BCUT2D eigenvalue weighted by Crippen LogP contribution is -1.83. The Morgan fingerprint density at radius 1 is 1.21 bits per heavy atom. The molecule has 2 rings (SSSR count). The first kappa shape index (κ1) is 8.56. The van der Waals surface area contributed by atoms with Crippen LogP contribution in [0.3, 0.4) is 0 Å². The average Bonchev–Trinajstić information content (AvgIpc) is 2.71. The minimum absolute atomic E-state index is 0.0440. The molecule has 0 aliphatic heterocycles. The molecule has 3 nitrogen and oxygen atoms in total. The van der Waals surface area contributed by atoms with E-state index in [0.29, 0.717) is 17.6 Å². The van der Waals surface area contributed by atoms with Crippen LogP contribution in [0.1, 0.15) is 10.4 Å². The maximum absolute atomic E-state index is 10.6. The minimum Gasteiger partial charge on any atom is -0.506 e. The Morgan fingerprint density at radius 3 is 2.71 bits per heavy atom. The number of carbonyl (C=O) groups excluding carboxylic acids is 1. The van der Waals surface area contributed by atoms with Gasteiger partial charge in [-0.2, -0.15) is 0 Å². The molecule has 0 unspecified atom stereocenters. The van der Waals surface area contributed by atoms with E-state index < -0.39 is 0 Å². The van der Waals surface area contributed by atoms with E-state index in [0.717, 1.165) is 0 Å². The summed E-state index contributed by atoms with van der Waals surface area (Å²) >= 11 is 0. The molecule has 0 spiro atoms. The van der Waals surface area contributed by atoms with Crippen molar-refractivity contribution in [1.29, 1.82) is 0 Å². The lowest BCUT2D eigenvalue weighted by Gasteiger charge is -2.02. The maximum atomic E-state index is 10.6. The van der Waals surface area contributed by atoms with E-state index >= 15 is 0 Å². The summed E-state index contributed by atoms with van der Waals surface area (Å²) in [6.07, 6.45) is 2.13. The van der Waals surface area contributed by atoms with Crippen LogP contribution >= 0.6 is 0 Å². The molecule has 0 aliphatic rings. The van der Waals surface area contributed by atoms with Gasteiger partial charge in [-0.1, -0.05) is 6.07 Å². The second kappa shape index (κ2) is 3.38. The molecule has 0 saturated heterocycles. The molecular weight excluding hydrogens is 180 g/mol. The summed E-state index contributed by atoms with van der Waals surface area (Å²) < 4.78 is 5.12. The van der Waals surface area contributed by atoms with Crippen molar-refractivity contribution in [3.63, 3.8) is 0 Å². The van der Waals surface area contributed by atoms with Gasteiger partial charge in [0.05, 0.1) is 17.4 Å². The Kier molecular flexibility index (Phi) is 2.07. The first-order valence-electron chi connectivity index (χ1n) is 4.14. The molecule has 1 aromatic carbocycles. The van der Waals surface area contributed by atoms with Gasteiger partial charge in [-0.15, -0.1) is 0 Å². The van der Waals surface area contributed by atoms with E-state index in [1.54, 1.807) is 30.3 Å². The van der Waals surface area contributed by atoms with Gasteiger partial charge >= 0.3 is 0 Å². The Morgan fingerprint density at radius 2 is 2.07 bits per heavy atom. The van der Waals surface area contributed by atoms with Crippen LogP contribution in [0.4, 0.5) is 0 Å². The zero-order chi connectivity index (χ0) is 9.97. The van der Waals surface area contributed by atoms with Gasteiger partial charge in [0.25, 0.3) is 0 Å². The number of phenols is 1. The van der Waals surface area contributed by atoms with Crippen LogP contribution in [0.15, 0.2) is 41.0 Å². The van der Waals surface area contributed by atoms with Crippen molar-refractivity contribution < 1.29 is 14.3 Å². The zero-order valence-corrected chi connectivity index (χ0v) is 7.31. The summed E-state index contributed by atoms with van der Waals surface area (Å²) in [5.41, 5.74) is 0.790. The Balaban J connectivity index is 2.60. The number of benzene rings is 1. The van der Waals surface area contributed by atoms with Gasteiger partial charge in [-0.05, 0) is 24.3 Å². The minimum atomic E-state index is -0.0440. The number of hydrogen-bond donors (Lipinski definition) is 1. The predicted octanol–water partition coefficient (Wildman–Crippen LogP) is 2.46. The van der Waals surface area contributed by atoms with Crippen molar-refractivity contribution in [2.75, 3.05) is 0 Å². The molecule has 2 aromatic rings. The summed E-state index contributed by atoms with van der Waals surface area (Å²) in [6.45, 7) is 0. The number of rotatable bonds is 2. The number of hydrogen-bond acceptors (Lipinski definition) is 3. The Bertz CT molecular complexity index is 444. The normalized spacial score (nSPS) is 10.0. The Hall–Kier alpha value is -2.03. The fraction of sp³-hybridized carbons (Fsp3) is 0. The van der Waals surface area contributed by atoms with Crippen LogP contribution in [0, 0.1) is 0 Å². The molecule has 1 N–H and O–H groups in total. The lowest BCUT2D eigenvalue weighted by molar-refractivity contribution is 0.112. The van der Waals surface area contributed by atoms with Crippen molar-refractivity contribution in [2.45, 2.75) is 0 Å². The van der Waals surface area contributed by atoms with Gasteiger partial charge < -0.3 is 9.52 Å².